The van der Waals surface area contributed by atoms with Crippen LogP contribution in [-0.4, -0.2) is 21.9 Å². The molecule has 6 heteroatoms. The maximum Gasteiger partial charge on any atom is 0.277 e. The smallest absolute Gasteiger partial charge is 0.277 e. The van der Waals surface area contributed by atoms with E-state index in [1.807, 2.05) is 62.4 Å². The maximum absolute atomic E-state index is 12.1. The third-order valence-electron chi connectivity index (χ3n) is 3.76. The number of rotatable bonds is 6. The molecule has 1 N–H and O–H groups in total. The highest BCUT2D eigenvalue weighted by Crippen LogP contribution is 2.19. The van der Waals surface area contributed by atoms with Crippen molar-refractivity contribution in [2.75, 3.05) is 11.1 Å². The van der Waals surface area contributed by atoms with Crippen LogP contribution in [0.1, 0.15) is 22.6 Å². The first kappa shape index (κ1) is 17.2. The van der Waals surface area contributed by atoms with Gasteiger partial charge in [-0.25, -0.2) is 0 Å². The molecular weight excluding hydrogens is 334 g/mol. The molecule has 1 aromatic heterocycles. The normalized spacial score (nSPS) is 10.6. The summed E-state index contributed by atoms with van der Waals surface area (Å²) in [4.78, 5) is 12.1. The number of thioether (sulfide) groups is 1. The van der Waals surface area contributed by atoms with Gasteiger partial charge in [0.2, 0.25) is 11.8 Å². The van der Waals surface area contributed by atoms with Crippen LogP contribution in [0.5, 0.6) is 0 Å². The van der Waals surface area contributed by atoms with Crippen molar-refractivity contribution in [2.24, 2.45) is 0 Å². The van der Waals surface area contributed by atoms with E-state index in [4.69, 9.17) is 4.42 Å². The van der Waals surface area contributed by atoms with Crippen molar-refractivity contribution < 1.29 is 9.21 Å². The van der Waals surface area contributed by atoms with Gasteiger partial charge in [-0.1, -0.05) is 48.2 Å². The summed E-state index contributed by atoms with van der Waals surface area (Å²) in [6.45, 7) is 4.06. The number of amides is 1. The monoisotopic (exact) mass is 353 g/mol. The van der Waals surface area contributed by atoms with E-state index in [1.54, 1.807) is 0 Å². The summed E-state index contributed by atoms with van der Waals surface area (Å²) in [7, 11) is 0. The predicted octanol–water partition coefficient (Wildman–Crippen LogP) is 4.01. The highest BCUT2D eigenvalue weighted by Gasteiger charge is 2.10. The van der Waals surface area contributed by atoms with Gasteiger partial charge in [-0.3, -0.25) is 4.79 Å². The van der Waals surface area contributed by atoms with Crippen molar-refractivity contribution in [3.05, 3.63) is 71.1 Å². The Morgan fingerprint density at radius 2 is 1.88 bits per heavy atom. The van der Waals surface area contributed by atoms with Gasteiger partial charge in [0.15, 0.2) is 0 Å². The van der Waals surface area contributed by atoms with Crippen molar-refractivity contribution in [3.8, 4) is 0 Å². The molecule has 0 bridgehead atoms. The lowest BCUT2D eigenvalue weighted by Gasteiger charge is -2.06. The first-order chi connectivity index (χ1) is 12.1. The van der Waals surface area contributed by atoms with Gasteiger partial charge < -0.3 is 9.73 Å². The molecule has 0 spiro atoms. The fourth-order valence-electron chi connectivity index (χ4n) is 2.28. The fraction of sp³-hybridized carbons (Fsp3) is 0.211. The van der Waals surface area contributed by atoms with Gasteiger partial charge in [-0.05, 0) is 42.7 Å². The van der Waals surface area contributed by atoms with Crippen molar-refractivity contribution in [2.45, 2.75) is 25.5 Å². The minimum Gasteiger partial charge on any atom is -0.416 e. The van der Waals surface area contributed by atoms with E-state index in [9.17, 15) is 4.79 Å². The van der Waals surface area contributed by atoms with Gasteiger partial charge >= 0.3 is 0 Å². The second kappa shape index (κ2) is 7.98. The highest BCUT2D eigenvalue weighted by molar-refractivity contribution is 7.99. The molecule has 0 saturated heterocycles. The van der Waals surface area contributed by atoms with Gasteiger partial charge in [-0.15, -0.1) is 10.2 Å². The van der Waals surface area contributed by atoms with E-state index < -0.39 is 0 Å². The second-order valence-electron chi connectivity index (χ2n) is 5.76. The Morgan fingerprint density at radius 3 is 2.64 bits per heavy atom. The molecule has 0 radical (unpaired) electrons. The van der Waals surface area contributed by atoms with Crippen LogP contribution < -0.4 is 5.32 Å². The van der Waals surface area contributed by atoms with E-state index in [2.05, 4.69) is 15.5 Å². The molecule has 0 aliphatic carbocycles. The molecule has 3 rings (SSSR count). The summed E-state index contributed by atoms with van der Waals surface area (Å²) < 4.78 is 5.58. The Morgan fingerprint density at radius 1 is 1.08 bits per heavy atom. The number of nitrogens with zero attached hydrogens (tertiary/aromatic N) is 2. The summed E-state index contributed by atoms with van der Waals surface area (Å²) >= 11 is 1.23. The number of aryl methyl sites for hydroxylation is 2. The van der Waals surface area contributed by atoms with Crippen LogP contribution in [0.15, 0.2) is 58.2 Å². The molecular formula is C19H19N3O2S. The Bertz CT molecular complexity index is 862. The van der Waals surface area contributed by atoms with Crippen LogP contribution in [0.4, 0.5) is 5.69 Å². The van der Waals surface area contributed by atoms with E-state index in [1.165, 1.54) is 17.3 Å². The highest BCUT2D eigenvalue weighted by atomic mass is 32.2. The number of carbonyl (C=O) groups excluding carboxylic acids is 1. The summed E-state index contributed by atoms with van der Waals surface area (Å²) in [5.74, 6) is 0.666. The SMILES string of the molecule is Cc1ccc(NC(=O)CSc2nnc(Cc3ccccc3)o2)cc1C. The Kier molecular flexibility index (Phi) is 5.50. The molecule has 0 aliphatic heterocycles. The Balaban J connectivity index is 1.51. The van der Waals surface area contributed by atoms with E-state index in [0.717, 1.165) is 16.8 Å². The van der Waals surface area contributed by atoms with Crippen LogP contribution in [0, 0.1) is 13.8 Å². The summed E-state index contributed by atoms with van der Waals surface area (Å²) in [6, 6.07) is 15.8. The summed E-state index contributed by atoms with van der Waals surface area (Å²) in [5.41, 5.74) is 4.25. The van der Waals surface area contributed by atoms with Gasteiger partial charge in [-0.2, -0.15) is 0 Å². The molecule has 128 valence electrons. The fourth-order valence-corrected chi connectivity index (χ4v) is 2.86. The molecule has 0 fully saturated rings. The minimum atomic E-state index is -0.101. The minimum absolute atomic E-state index is 0.101. The summed E-state index contributed by atoms with van der Waals surface area (Å²) in [5, 5.41) is 11.3. The lowest BCUT2D eigenvalue weighted by Crippen LogP contribution is -2.14. The van der Waals surface area contributed by atoms with Crippen molar-refractivity contribution in [3.63, 3.8) is 0 Å². The van der Waals surface area contributed by atoms with Gasteiger partial charge in [0.25, 0.3) is 5.22 Å². The third-order valence-corrected chi connectivity index (χ3v) is 4.58. The number of hydrogen-bond acceptors (Lipinski definition) is 5. The zero-order chi connectivity index (χ0) is 17.6. The molecule has 1 heterocycles. The van der Waals surface area contributed by atoms with Gasteiger partial charge in [0.1, 0.15) is 0 Å². The zero-order valence-corrected chi connectivity index (χ0v) is 15.0. The van der Waals surface area contributed by atoms with Crippen LogP contribution in [0.25, 0.3) is 0 Å². The van der Waals surface area contributed by atoms with E-state index in [0.29, 0.717) is 17.5 Å². The number of benzene rings is 2. The number of nitrogens with one attached hydrogen (secondary N) is 1. The molecule has 0 aliphatic rings. The third kappa shape index (κ3) is 4.93. The average molecular weight is 353 g/mol. The van der Waals surface area contributed by atoms with Crippen LogP contribution in [0.3, 0.4) is 0 Å². The number of carbonyl (C=O) groups is 1. The topological polar surface area (TPSA) is 68.0 Å². The lowest BCUT2D eigenvalue weighted by molar-refractivity contribution is -0.113. The van der Waals surface area contributed by atoms with E-state index >= 15 is 0 Å². The van der Waals surface area contributed by atoms with Gasteiger partial charge in [0.05, 0.1) is 12.2 Å². The second-order valence-corrected chi connectivity index (χ2v) is 6.69. The largest absolute Gasteiger partial charge is 0.416 e. The summed E-state index contributed by atoms with van der Waals surface area (Å²) in [6.07, 6.45) is 0.587. The molecule has 0 unspecified atom stereocenters. The first-order valence-electron chi connectivity index (χ1n) is 7.96. The molecule has 0 saturated carbocycles. The van der Waals surface area contributed by atoms with Crippen LogP contribution >= 0.6 is 11.8 Å². The Labute approximate surface area is 150 Å². The Hall–Kier alpha value is -2.60. The van der Waals surface area contributed by atoms with E-state index in [-0.39, 0.29) is 11.7 Å². The number of hydrogen-bond donors (Lipinski definition) is 1. The molecule has 2 aromatic carbocycles. The van der Waals surface area contributed by atoms with Crippen LogP contribution in [-0.2, 0) is 11.2 Å². The zero-order valence-electron chi connectivity index (χ0n) is 14.2. The predicted molar refractivity (Wildman–Crippen MR) is 98.8 cm³/mol. The standard InChI is InChI=1S/C19H19N3O2S/c1-13-8-9-16(10-14(13)2)20-17(23)12-25-19-22-21-18(24-19)11-15-6-4-3-5-7-15/h3-10H,11-12H2,1-2H3,(H,20,23). The molecule has 25 heavy (non-hydrogen) atoms. The molecule has 3 aromatic rings. The van der Waals surface area contributed by atoms with Crippen molar-refractivity contribution in [1.82, 2.24) is 10.2 Å². The molecule has 5 nitrogen and oxygen atoms in total. The van der Waals surface area contributed by atoms with Crippen molar-refractivity contribution >= 4 is 23.4 Å². The quantitative estimate of drug-likeness (QED) is 0.678. The maximum atomic E-state index is 12.1. The van der Waals surface area contributed by atoms with Gasteiger partial charge in [0, 0.05) is 5.69 Å². The molecule has 0 atom stereocenters. The number of anilines is 1. The number of aromatic nitrogens is 2. The molecule has 1 amide bonds. The van der Waals surface area contributed by atoms with Crippen molar-refractivity contribution in [1.29, 1.82) is 0 Å². The lowest BCUT2D eigenvalue weighted by atomic mass is 10.1. The van der Waals surface area contributed by atoms with Crippen LogP contribution in [0.2, 0.25) is 0 Å². The average Bonchev–Trinajstić information content (AvgIpc) is 3.05. The first-order valence-corrected chi connectivity index (χ1v) is 8.95.